The van der Waals surface area contributed by atoms with Crippen molar-refractivity contribution in [2.45, 2.75) is 40.2 Å². The third-order valence-electron chi connectivity index (χ3n) is 1.04. The van der Waals surface area contributed by atoms with Gasteiger partial charge in [0.05, 0.1) is 6.10 Å². The number of methoxy groups -OCH3 is 1. The zero-order valence-electron chi connectivity index (χ0n) is 7.90. The van der Waals surface area contributed by atoms with Crippen molar-refractivity contribution < 1.29 is 4.74 Å². The highest BCUT2D eigenvalue weighted by Crippen LogP contribution is 2.02. The maximum absolute atomic E-state index is 5.00. The molecule has 0 aromatic carbocycles. The van der Waals surface area contributed by atoms with Gasteiger partial charge in [0, 0.05) is 7.11 Å². The van der Waals surface area contributed by atoms with E-state index < -0.39 is 0 Å². The molecule has 1 atom stereocenters. The summed E-state index contributed by atoms with van der Waals surface area (Å²) in [7, 11) is 1.72. The van der Waals surface area contributed by atoms with Crippen LogP contribution >= 0.6 is 0 Å². The van der Waals surface area contributed by atoms with Gasteiger partial charge in [0.1, 0.15) is 0 Å². The first-order chi connectivity index (χ1) is 4.66. The van der Waals surface area contributed by atoms with Crippen molar-refractivity contribution in [3.63, 3.8) is 0 Å². The third-order valence-corrected chi connectivity index (χ3v) is 1.04. The summed E-state index contributed by atoms with van der Waals surface area (Å²) in [5.41, 5.74) is 1.18. The summed E-state index contributed by atoms with van der Waals surface area (Å²) in [5, 5.41) is 0. The Morgan fingerprint density at radius 3 is 2.00 bits per heavy atom. The first-order valence-corrected chi connectivity index (χ1v) is 3.84. The molecule has 10 heavy (non-hydrogen) atoms. The Morgan fingerprint density at radius 2 is 1.90 bits per heavy atom. The fourth-order valence-corrected chi connectivity index (χ4v) is 0.574. The molecular weight excluding hydrogens is 124 g/mol. The van der Waals surface area contributed by atoms with Gasteiger partial charge in [-0.2, -0.15) is 0 Å². The standard InChI is InChI=1S/C7H14O.C2H6/c1-6(2)5-7(3)8-4;1-2/h7H,1,5H2,2-4H3;1-2H3/t7-;/m1./s1. The van der Waals surface area contributed by atoms with Crippen LogP contribution in [0.1, 0.15) is 34.1 Å². The molecule has 62 valence electrons. The number of hydrogen-bond acceptors (Lipinski definition) is 1. The number of rotatable bonds is 3. The van der Waals surface area contributed by atoms with Crippen LogP contribution in [0.3, 0.4) is 0 Å². The largest absolute Gasteiger partial charge is 0.381 e. The Labute approximate surface area is 65.1 Å². The molecule has 0 rings (SSSR count). The fourth-order valence-electron chi connectivity index (χ4n) is 0.574. The lowest BCUT2D eigenvalue weighted by molar-refractivity contribution is 0.119. The second-order valence-corrected chi connectivity index (χ2v) is 2.21. The molecule has 0 aliphatic rings. The van der Waals surface area contributed by atoms with Gasteiger partial charge < -0.3 is 4.74 Å². The highest BCUT2D eigenvalue weighted by atomic mass is 16.5. The predicted octanol–water partition coefficient (Wildman–Crippen LogP) is 3.01. The maximum atomic E-state index is 5.00. The summed E-state index contributed by atoms with van der Waals surface area (Å²) < 4.78 is 5.00. The molecule has 0 N–H and O–H groups in total. The maximum Gasteiger partial charge on any atom is 0.0580 e. The van der Waals surface area contributed by atoms with E-state index in [-0.39, 0.29) is 0 Å². The molecule has 1 heteroatoms. The lowest BCUT2D eigenvalue weighted by atomic mass is 10.2. The Kier molecular flexibility index (Phi) is 10.8. The highest BCUT2D eigenvalue weighted by molar-refractivity contribution is 4.89. The van der Waals surface area contributed by atoms with E-state index in [0.717, 1.165) is 6.42 Å². The molecule has 0 bridgehead atoms. The van der Waals surface area contributed by atoms with Gasteiger partial charge in [-0.15, -0.1) is 6.58 Å². The highest BCUT2D eigenvalue weighted by Gasteiger charge is 1.96. The van der Waals surface area contributed by atoms with Crippen LogP contribution in [0.15, 0.2) is 12.2 Å². The average molecular weight is 144 g/mol. The SMILES string of the molecule is C=C(C)C[C@@H](C)OC.CC. The van der Waals surface area contributed by atoms with E-state index >= 15 is 0 Å². The molecule has 0 fully saturated rings. The summed E-state index contributed by atoms with van der Waals surface area (Å²) in [6, 6.07) is 0. The van der Waals surface area contributed by atoms with Crippen LogP contribution in [0.25, 0.3) is 0 Å². The third kappa shape index (κ3) is 10.6. The summed E-state index contributed by atoms with van der Waals surface area (Å²) in [6.07, 6.45) is 1.30. The van der Waals surface area contributed by atoms with Crippen LogP contribution in [0.5, 0.6) is 0 Å². The second-order valence-electron chi connectivity index (χ2n) is 2.21. The minimum absolute atomic E-state index is 0.326. The van der Waals surface area contributed by atoms with E-state index in [2.05, 4.69) is 6.58 Å². The number of ether oxygens (including phenoxy) is 1. The van der Waals surface area contributed by atoms with Crippen molar-refractivity contribution in [3.8, 4) is 0 Å². The quantitative estimate of drug-likeness (QED) is 0.553. The summed E-state index contributed by atoms with van der Waals surface area (Å²) in [5.74, 6) is 0. The normalized spacial score (nSPS) is 11.3. The van der Waals surface area contributed by atoms with Gasteiger partial charge in [-0.25, -0.2) is 0 Å². The van der Waals surface area contributed by atoms with Crippen molar-refractivity contribution >= 4 is 0 Å². The van der Waals surface area contributed by atoms with E-state index in [1.807, 2.05) is 27.7 Å². The van der Waals surface area contributed by atoms with Crippen molar-refractivity contribution in [3.05, 3.63) is 12.2 Å². The molecule has 0 aromatic rings. The molecule has 0 aliphatic heterocycles. The zero-order chi connectivity index (χ0) is 8.57. The van der Waals surface area contributed by atoms with Gasteiger partial charge in [-0.05, 0) is 20.3 Å². The van der Waals surface area contributed by atoms with Gasteiger partial charge >= 0.3 is 0 Å². The zero-order valence-corrected chi connectivity index (χ0v) is 7.90. The van der Waals surface area contributed by atoms with Gasteiger partial charge in [0.25, 0.3) is 0 Å². The molecule has 0 spiro atoms. The van der Waals surface area contributed by atoms with Gasteiger partial charge in [0.2, 0.25) is 0 Å². The minimum Gasteiger partial charge on any atom is -0.381 e. The molecule has 1 nitrogen and oxygen atoms in total. The second kappa shape index (κ2) is 8.70. The van der Waals surface area contributed by atoms with E-state index in [4.69, 9.17) is 4.74 Å². The van der Waals surface area contributed by atoms with Crippen LogP contribution in [0.2, 0.25) is 0 Å². The van der Waals surface area contributed by atoms with Gasteiger partial charge in [0.15, 0.2) is 0 Å². The van der Waals surface area contributed by atoms with Crippen molar-refractivity contribution in [1.29, 1.82) is 0 Å². The lowest BCUT2D eigenvalue weighted by Gasteiger charge is -2.06. The number of hydrogen-bond donors (Lipinski definition) is 0. The molecule has 0 saturated heterocycles. The van der Waals surface area contributed by atoms with Crippen LogP contribution in [-0.2, 0) is 4.74 Å². The molecule has 0 aromatic heterocycles. The van der Waals surface area contributed by atoms with E-state index in [1.165, 1.54) is 5.57 Å². The predicted molar refractivity (Wildman–Crippen MR) is 47.3 cm³/mol. The summed E-state index contributed by atoms with van der Waals surface area (Å²) in [6.45, 7) is 11.8. The molecular formula is C9H20O. The Morgan fingerprint density at radius 1 is 1.50 bits per heavy atom. The summed E-state index contributed by atoms with van der Waals surface area (Å²) in [4.78, 5) is 0. The Balaban J connectivity index is 0. The molecule has 0 heterocycles. The minimum atomic E-state index is 0.326. The molecule has 0 radical (unpaired) electrons. The molecule has 0 saturated carbocycles. The fraction of sp³-hybridized carbons (Fsp3) is 0.778. The van der Waals surface area contributed by atoms with Gasteiger partial charge in [-0.3, -0.25) is 0 Å². The smallest absolute Gasteiger partial charge is 0.0580 e. The van der Waals surface area contributed by atoms with Crippen LogP contribution in [0.4, 0.5) is 0 Å². The Bertz CT molecular complexity index is 76.8. The molecule has 0 aliphatic carbocycles. The van der Waals surface area contributed by atoms with Crippen molar-refractivity contribution in [2.75, 3.05) is 7.11 Å². The average Bonchev–Trinajstić information content (AvgIpc) is 1.91. The Hall–Kier alpha value is -0.300. The van der Waals surface area contributed by atoms with Crippen LogP contribution < -0.4 is 0 Å². The van der Waals surface area contributed by atoms with E-state index in [1.54, 1.807) is 7.11 Å². The monoisotopic (exact) mass is 144 g/mol. The van der Waals surface area contributed by atoms with Crippen molar-refractivity contribution in [1.82, 2.24) is 0 Å². The topological polar surface area (TPSA) is 9.23 Å². The summed E-state index contributed by atoms with van der Waals surface area (Å²) >= 11 is 0. The first kappa shape index (κ1) is 12.4. The lowest BCUT2D eigenvalue weighted by Crippen LogP contribution is -2.03. The molecule has 0 unspecified atom stereocenters. The van der Waals surface area contributed by atoms with E-state index in [0.29, 0.717) is 6.10 Å². The van der Waals surface area contributed by atoms with Crippen LogP contribution in [-0.4, -0.2) is 13.2 Å². The van der Waals surface area contributed by atoms with Crippen LogP contribution in [0, 0.1) is 0 Å². The molecule has 0 amide bonds. The van der Waals surface area contributed by atoms with E-state index in [9.17, 15) is 0 Å². The van der Waals surface area contributed by atoms with Crippen molar-refractivity contribution in [2.24, 2.45) is 0 Å². The van der Waals surface area contributed by atoms with Gasteiger partial charge in [-0.1, -0.05) is 19.4 Å². The first-order valence-electron chi connectivity index (χ1n) is 3.84.